The summed E-state index contributed by atoms with van der Waals surface area (Å²) in [4.78, 5) is 23.8. The summed E-state index contributed by atoms with van der Waals surface area (Å²) in [6.45, 7) is 1.81. The van der Waals surface area contributed by atoms with Crippen molar-refractivity contribution in [2.75, 3.05) is 5.32 Å². The lowest BCUT2D eigenvalue weighted by Gasteiger charge is -2.34. The molecule has 25 heavy (non-hydrogen) atoms. The normalized spacial score (nSPS) is 20.4. The van der Waals surface area contributed by atoms with Gasteiger partial charge >= 0.3 is 5.97 Å². The van der Waals surface area contributed by atoms with Crippen LogP contribution in [-0.2, 0) is 20.9 Å². The molecule has 3 N–H and O–H groups in total. The van der Waals surface area contributed by atoms with E-state index in [1.807, 2.05) is 48.5 Å². The molecule has 3 rings (SSSR count). The van der Waals surface area contributed by atoms with Gasteiger partial charge in [-0.3, -0.25) is 14.9 Å². The molecule has 3 unspecified atom stereocenters. The van der Waals surface area contributed by atoms with E-state index in [1.54, 1.807) is 13.0 Å². The maximum absolute atomic E-state index is 12.5. The van der Waals surface area contributed by atoms with Gasteiger partial charge in [-0.1, -0.05) is 48.5 Å². The molecule has 0 aliphatic carbocycles. The largest absolute Gasteiger partial charge is 0.480 e. The van der Waals surface area contributed by atoms with Gasteiger partial charge in [0.25, 0.3) is 5.91 Å². The van der Waals surface area contributed by atoms with Crippen molar-refractivity contribution in [2.45, 2.75) is 31.7 Å². The molecule has 0 saturated carbocycles. The fourth-order valence-corrected chi connectivity index (χ4v) is 2.85. The standard InChI is InChI=1S/C19H20N2O4/c1-12(19(23)24)20-16-14-9-5-6-10-15(14)21-18(22)17(16)25-11-13-7-3-2-4-8-13/h2-10,12,16-17,20H,11H2,1H3,(H,21,22)(H,23,24). The molecular weight excluding hydrogens is 320 g/mol. The number of nitrogens with one attached hydrogen (secondary N) is 2. The van der Waals surface area contributed by atoms with E-state index in [1.165, 1.54) is 0 Å². The van der Waals surface area contributed by atoms with E-state index in [2.05, 4.69) is 10.6 Å². The lowest BCUT2D eigenvalue weighted by Crippen LogP contribution is -2.49. The Hall–Kier alpha value is -2.70. The number of carbonyl (C=O) groups excluding carboxylic acids is 1. The average Bonchev–Trinajstić information content (AvgIpc) is 2.61. The molecule has 0 bridgehead atoms. The number of hydrogen-bond acceptors (Lipinski definition) is 4. The number of ether oxygens (including phenoxy) is 1. The van der Waals surface area contributed by atoms with E-state index in [-0.39, 0.29) is 12.5 Å². The highest BCUT2D eigenvalue weighted by atomic mass is 16.5. The van der Waals surface area contributed by atoms with Gasteiger partial charge in [-0.15, -0.1) is 0 Å². The first-order valence-corrected chi connectivity index (χ1v) is 8.10. The third-order valence-electron chi connectivity index (χ3n) is 4.19. The van der Waals surface area contributed by atoms with Crippen LogP contribution >= 0.6 is 0 Å². The van der Waals surface area contributed by atoms with Crippen molar-refractivity contribution in [3.63, 3.8) is 0 Å². The van der Waals surface area contributed by atoms with Gasteiger partial charge < -0.3 is 15.2 Å². The first-order chi connectivity index (χ1) is 12.1. The number of aliphatic carboxylic acids is 1. The number of fused-ring (bicyclic) bond motifs is 1. The highest BCUT2D eigenvalue weighted by Crippen LogP contribution is 2.32. The highest BCUT2D eigenvalue weighted by molar-refractivity contribution is 5.98. The van der Waals surface area contributed by atoms with E-state index in [4.69, 9.17) is 4.74 Å². The Labute approximate surface area is 145 Å². The molecule has 0 saturated heterocycles. The summed E-state index contributed by atoms with van der Waals surface area (Å²) < 4.78 is 5.86. The summed E-state index contributed by atoms with van der Waals surface area (Å²) >= 11 is 0. The van der Waals surface area contributed by atoms with Gasteiger partial charge in [-0.2, -0.15) is 0 Å². The van der Waals surface area contributed by atoms with Crippen LogP contribution in [-0.4, -0.2) is 29.1 Å². The number of hydrogen-bond donors (Lipinski definition) is 3. The number of amides is 1. The summed E-state index contributed by atoms with van der Waals surface area (Å²) in [5, 5.41) is 15.1. The van der Waals surface area contributed by atoms with Crippen LogP contribution in [0.25, 0.3) is 0 Å². The van der Waals surface area contributed by atoms with Gasteiger partial charge in [0.1, 0.15) is 6.04 Å². The summed E-state index contributed by atoms with van der Waals surface area (Å²) in [6.07, 6.45) is -0.822. The number of carbonyl (C=O) groups is 2. The molecule has 0 fully saturated rings. The van der Waals surface area contributed by atoms with Crippen LogP contribution in [0, 0.1) is 0 Å². The summed E-state index contributed by atoms with van der Waals surface area (Å²) in [7, 11) is 0. The van der Waals surface area contributed by atoms with Crippen LogP contribution < -0.4 is 10.6 Å². The first kappa shape index (κ1) is 17.1. The summed E-state index contributed by atoms with van der Waals surface area (Å²) in [6, 6.07) is 15.5. The first-order valence-electron chi connectivity index (χ1n) is 8.10. The average molecular weight is 340 g/mol. The van der Waals surface area contributed by atoms with Crippen molar-refractivity contribution in [2.24, 2.45) is 0 Å². The molecule has 1 heterocycles. The maximum atomic E-state index is 12.5. The number of carboxylic acids is 1. The molecule has 6 nitrogen and oxygen atoms in total. The minimum absolute atomic E-state index is 0.265. The van der Waals surface area contributed by atoms with Gasteiger partial charge in [-0.05, 0) is 24.1 Å². The zero-order valence-electron chi connectivity index (χ0n) is 13.8. The molecule has 0 radical (unpaired) electrons. The Morgan fingerprint density at radius 2 is 1.88 bits per heavy atom. The quantitative estimate of drug-likeness (QED) is 0.751. The topological polar surface area (TPSA) is 87.7 Å². The van der Waals surface area contributed by atoms with Crippen LogP contribution in [0.2, 0.25) is 0 Å². The Morgan fingerprint density at radius 1 is 1.20 bits per heavy atom. The highest BCUT2D eigenvalue weighted by Gasteiger charge is 2.38. The molecule has 3 atom stereocenters. The van der Waals surface area contributed by atoms with Gasteiger partial charge in [0.05, 0.1) is 12.6 Å². The van der Waals surface area contributed by atoms with Crippen LogP contribution in [0.4, 0.5) is 5.69 Å². The van der Waals surface area contributed by atoms with Crippen LogP contribution in [0.1, 0.15) is 24.1 Å². The molecule has 6 heteroatoms. The number of anilines is 1. The Kier molecular flexibility index (Phi) is 5.11. The van der Waals surface area contributed by atoms with Crippen molar-refractivity contribution >= 4 is 17.6 Å². The molecule has 2 aromatic rings. The second-order valence-corrected chi connectivity index (χ2v) is 6.00. The fraction of sp³-hybridized carbons (Fsp3) is 0.263. The predicted octanol–water partition coefficient (Wildman–Crippen LogP) is 2.33. The predicted molar refractivity (Wildman–Crippen MR) is 93.1 cm³/mol. The van der Waals surface area contributed by atoms with Crippen LogP contribution in [0.5, 0.6) is 0 Å². The van der Waals surface area contributed by atoms with Gasteiger partial charge in [0, 0.05) is 5.69 Å². The lowest BCUT2D eigenvalue weighted by molar-refractivity contribution is -0.141. The van der Waals surface area contributed by atoms with Crippen LogP contribution in [0.3, 0.4) is 0 Å². The minimum atomic E-state index is -0.981. The molecular formula is C19H20N2O4. The molecule has 1 amide bonds. The van der Waals surface area contributed by atoms with E-state index < -0.39 is 24.2 Å². The fourth-order valence-electron chi connectivity index (χ4n) is 2.85. The summed E-state index contributed by atoms with van der Waals surface area (Å²) in [5.74, 6) is -1.27. The van der Waals surface area contributed by atoms with E-state index >= 15 is 0 Å². The van der Waals surface area contributed by atoms with E-state index in [9.17, 15) is 14.7 Å². The molecule has 1 aliphatic rings. The van der Waals surface area contributed by atoms with Crippen LogP contribution in [0.15, 0.2) is 54.6 Å². The molecule has 2 aromatic carbocycles. The molecule has 1 aliphatic heterocycles. The SMILES string of the molecule is CC(NC1c2ccccc2NC(=O)C1OCc1ccccc1)C(=O)O. The molecule has 0 aromatic heterocycles. The third kappa shape index (κ3) is 3.87. The number of para-hydroxylation sites is 1. The van der Waals surface area contributed by atoms with Gasteiger partial charge in [0.2, 0.25) is 0 Å². The van der Waals surface area contributed by atoms with E-state index in [0.717, 1.165) is 11.1 Å². The van der Waals surface area contributed by atoms with Crippen molar-refractivity contribution in [3.8, 4) is 0 Å². The van der Waals surface area contributed by atoms with Gasteiger partial charge in [0.15, 0.2) is 6.10 Å². The Morgan fingerprint density at radius 3 is 2.60 bits per heavy atom. The second kappa shape index (κ2) is 7.46. The monoisotopic (exact) mass is 340 g/mol. The Bertz CT molecular complexity index is 763. The maximum Gasteiger partial charge on any atom is 0.320 e. The van der Waals surface area contributed by atoms with Gasteiger partial charge in [-0.25, -0.2) is 0 Å². The zero-order chi connectivity index (χ0) is 17.8. The third-order valence-corrected chi connectivity index (χ3v) is 4.19. The number of rotatable bonds is 6. The second-order valence-electron chi connectivity index (χ2n) is 6.00. The van der Waals surface area contributed by atoms with Crippen molar-refractivity contribution < 1.29 is 19.4 Å². The smallest absolute Gasteiger partial charge is 0.320 e. The zero-order valence-corrected chi connectivity index (χ0v) is 13.8. The minimum Gasteiger partial charge on any atom is -0.480 e. The van der Waals surface area contributed by atoms with Crippen molar-refractivity contribution in [1.82, 2.24) is 5.32 Å². The van der Waals surface area contributed by atoms with E-state index in [0.29, 0.717) is 5.69 Å². The molecule has 130 valence electrons. The number of carboxylic acid groups (broad SMARTS) is 1. The van der Waals surface area contributed by atoms with Crippen molar-refractivity contribution in [1.29, 1.82) is 0 Å². The number of benzene rings is 2. The Balaban J connectivity index is 1.85. The molecule has 0 spiro atoms. The lowest BCUT2D eigenvalue weighted by atomic mass is 9.94. The van der Waals surface area contributed by atoms with Crippen molar-refractivity contribution in [3.05, 3.63) is 65.7 Å². The summed E-state index contributed by atoms with van der Waals surface area (Å²) in [5.41, 5.74) is 2.43.